The minimum Gasteiger partial charge on any atom is -0.345 e. The van der Waals surface area contributed by atoms with Gasteiger partial charge in [0.1, 0.15) is 5.82 Å². The van der Waals surface area contributed by atoms with Crippen LogP contribution < -0.4 is 0 Å². The average molecular weight is 406 g/mol. The van der Waals surface area contributed by atoms with Gasteiger partial charge in [-0.2, -0.15) is 9.57 Å². The van der Waals surface area contributed by atoms with E-state index in [1.807, 2.05) is 31.5 Å². The van der Waals surface area contributed by atoms with Gasteiger partial charge in [0, 0.05) is 46.6 Å². The van der Waals surface area contributed by atoms with Gasteiger partial charge in [0.05, 0.1) is 28.4 Å². The number of carbonyl (C=O) groups excluding carboxylic acids is 1. The first kappa shape index (κ1) is 21.9. The van der Waals surface area contributed by atoms with Crippen molar-refractivity contribution in [2.45, 2.75) is 38.0 Å². The summed E-state index contributed by atoms with van der Waals surface area (Å²) in [7, 11) is -0.0114. The predicted molar refractivity (Wildman–Crippen MR) is 107 cm³/mol. The highest BCUT2D eigenvalue weighted by Crippen LogP contribution is 2.22. The minimum absolute atomic E-state index is 0.0490. The first-order chi connectivity index (χ1) is 13.3. The summed E-state index contributed by atoms with van der Waals surface area (Å²) in [6, 6.07) is 6.97. The van der Waals surface area contributed by atoms with E-state index in [4.69, 9.17) is 5.26 Å². The summed E-state index contributed by atoms with van der Waals surface area (Å²) in [4.78, 5) is 18.5. The molecule has 8 nitrogen and oxygen atoms in total. The molecule has 152 valence electrons. The molecule has 0 unspecified atom stereocenters. The minimum atomic E-state index is -3.55. The van der Waals surface area contributed by atoms with E-state index >= 15 is 0 Å². The average Bonchev–Trinajstić information content (AvgIpc) is 3.00. The summed E-state index contributed by atoms with van der Waals surface area (Å²) >= 11 is 0. The zero-order valence-electron chi connectivity index (χ0n) is 16.8. The van der Waals surface area contributed by atoms with Crippen molar-refractivity contribution in [3.8, 4) is 6.07 Å². The molecule has 0 aliphatic rings. The van der Waals surface area contributed by atoms with E-state index < -0.39 is 10.0 Å². The third-order valence-electron chi connectivity index (χ3n) is 4.84. The summed E-state index contributed by atoms with van der Waals surface area (Å²) < 4.78 is 28.7. The molecule has 9 heteroatoms. The largest absolute Gasteiger partial charge is 0.345 e. The number of nitrogens with zero attached hydrogens (tertiary/aromatic N) is 5. The first-order valence-corrected chi connectivity index (χ1v) is 10.8. The Balaban J connectivity index is 2.23. The van der Waals surface area contributed by atoms with Crippen LogP contribution in [0.5, 0.6) is 0 Å². The molecular weight excluding hydrogens is 378 g/mol. The van der Waals surface area contributed by atoms with Crippen LogP contribution in [-0.4, -0.2) is 59.8 Å². The van der Waals surface area contributed by atoms with Crippen molar-refractivity contribution in [2.75, 3.05) is 26.7 Å². The molecule has 0 N–H and O–H groups in total. The summed E-state index contributed by atoms with van der Waals surface area (Å²) in [5.74, 6) is 0.668. The highest BCUT2D eigenvalue weighted by molar-refractivity contribution is 7.89. The molecule has 0 saturated heterocycles. The molecule has 0 bridgehead atoms. The zero-order valence-corrected chi connectivity index (χ0v) is 17.7. The SMILES string of the molecule is CCN(CC)S(=O)(=O)c1ccc2c(c1)nc(CCC(=O)N(C)CCC#N)n2C. The van der Waals surface area contributed by atoms with Gasteiger partial charge in [-0.3, -0.25) is 4.79 Å². The lowest BCUT2D eigenvalue weighted by Crippen LogP contribution is -2.30. The second-order valence-electron chi connectivity index (χ2n) is 6.55. The number of hydrogen-bond donors (Lipinski definition) is 0. The van der Waals surface area contributed by atoms with Gasteiger partial charge >= 0.3 is 0 Å². The molecular formula is C19H27N5O3S. The van der Waals surface area contributed by atoms with Gasteiger partial charge in [-0.15, -0.1) is 0 Å². The summed E-state index contributed by atoms with van der Waals surface area (Å²) in [6.07, 6.45) is 1.03. The number of fused-ring (bicyclic) bond motifs is 1. The van der Waals surface area contributed by atoms with E-state index in [0.717, 1.165) is 11.3 Å². The molecule has 0 aliphatic heterocycles. The van der Waals surface area contributed by atoms with Crippen LogP contribution in [0.3, 0.4) is 0 Å². The molecule has 0 atom stereocenters. The number of sulfonamides is 1. The van der Waals surface area contributed by atoms with Crippen molar-refractivity contribution in [1.82, 2.24) is 18.8 Å². The molecule has 1 aromatic heterocycles. The number of aromatic nitrogens is 2. The monoisotopic (exact) mass is 405 g/mol. The molecule has 0 saturated carbocycles. The Morgan fingerprint density at radius 3 is 2.57 bits per heavy atom. The smallest absolute Gasteiger partial charge is 0.243 e. The number of carbonyl (C=O) groups is 1. The third kappa shape index (κ3) is 4.51. The van der Waals surface area contributed by atoms with Crippen molar-refractivity contribution in [1.29, 1.82) is 5.26 Å². The lowest BCUT2D eigenvalue weighted by molar-refractivity contribution is -0.129. The summed E-state index contributed by atoms with van der Waals surface area (Å²) in [6.45, 7) is 4.84. The molecule has 1 aromatic carbocycles. The fourth-order valence-electron chi connectivity index (χ4n) is 3.08. The molecule has 1 heterocycles. The Hall–Kier alpha value is -2.44. The Morgan fingerprint density at radius 1 is 1.29 bits per heavy atom. The number of aryl methyl sites for hydroxylation is 2. The second-order valence-corrected chi connectivity index (χ2v) is 8.49. The maximum absolute atomic E-state index is 12.7. The van der Waals surface area contributed by atoms with Crippen LogP contribution in [0.25, 0.3) is 11.0 Å². The van der Waals surface area contributed by atoms with E-state index in [1.165, 1.54) is 4.31 Å². The van der Waals surface area contributed by atoms with Crippen LogP contribution >= 0.6 is 0 Å². The van der Waals surface area contributed by atoms with Crippen molar-refractivity contribution >= 4 is 27.0 Å². The number of hydrogen-bond acceptors (Lipinski definition) is 5. The molecule has 0 aliphatic carbocycles. The van der Waals surface area contributed by atoms with E-state index in [-0.39, 0.29) is 17.2 Å². The van der Waals surface area contributed by atoms with E-state index in [2.05, 4.69) is 4.98 Å². The predicted octanol–water partition coefficient (Wildman–Crippen LogP) is 1.91. The standard InChI is InChI=1S/C19H27N5O3S/c1-5-24(6-2)28(26,27)15-8-9-17-16(14-15)21-18(23(17)4)10-11-19(25)22(3)13-7-12-20/h8-9,14H,5-7,10-11,13H2,1-4H3. The number of imidazole rings is 1. The third-order valence-corrected chi connectivity index (χ3v) is 6.88. The van der Waals surface area contributed by atoms with Crippen LogP contribution in [0.2, 0.25) is 0 Å². The van der Waals surface area contributed by atoms with Crippen LogP contribution in [0.1, 0.15) is 32.5 Å². The fourth-order valence-corrected chi connectivity index (χ4v) is 4.56. The van der Waals surface area contributed by atoms with Gasteiger partial charge in [-0.1, -0.05) is 13.8 Å². The van der Waals surface area contributed by atoms with Crippen LogP contribution in [0.15, 0.2) is 23.1 Å². The van der Waals surface area contributed by atoms with Gasteiger partial charge in [0.15, 0.2) is 0 Å². The van der Waals surface area contributed by atoms with Gasteiger partial charge in [-0.25, -0.2) is 13.4 Å². The molecule has 2 rings (SSSR count). The normalized spacial score (nSPS) is 11.7. The Labute approximate surface area is 166 Å². The molecule has 0 radical (unpaired) electrons. The van der Waals surface area contributed by atoms with Gasteiger partial charge in [-0.05, 0) is 18.2 Å². The van der Waals surface area contributed by atoms with E-state index in [1.54, 1.807) is 30.1 Å². The molecule has 2 aromatic rings. The van der Waals surface area contributed by atoms with Crippen molar-refractivity contribution in [3.05, 3.63) is 24.0 Å². The highest BCUT2D eigenvalue weighted by Gasteiger charge is 2.23. The van der Waals surface area contributed by atoms with Crippen LogP contribution in [0.4, 0.5) is 0 Å². The van der Waals surface area contributed by atoms with Gasteiger partial charge in [0.2, 0.25) is 15.9 Å². The fraction of sp³-hybridized carbons (Fsp3) is 0.526. The number of nitriles is 1. The topological polar surface area (TPSA) is 99.3 Å². The summed E-state index contributed by atoms with van der Waals surface area (Å²) in [5, 5.41) is 8.62. The molecule has 1 amide bonds. The van der Waals surface area contributed by atoms with Crippen molar-refractivity contribution in [3.63, 3.8) is 0 Å². The first-order valence-electron chi connectivity index (χ1n) is 9.32. The highest BCUT2D eigenvalue weighted by atomic mass is 32.2. The van der Waals surface area contributed by atoms with E-state index in [0.29, 0.717) is 38.0 Å². The Kier molecular flexibility index (Phi) is 7.16. The second kappa shape index (κ2) is 9.17. The zero-order chi connectivity index (χ0) is 20.9. The van der Waals surface area contributed by atoms with Crippen LogP contribution in [0, 0.1) is 11.3 Å². The number of amides is 1. The maximum atomic E-state index is 12.7. The van der Waals surface area contributed by atoms with Gasteiger partial charge in [0.25, 0.3) is 0 Å². The van der Waals surface area contributed by atoms with Crippen LogP contribution in [-0.2, 0) is 28.3 Å². The molecule has 28 heavy (non-hydrogen) atoms. The van der Waals surface area contributed by atoms with E-state index in [9.17, 15) is 13.2 Å². The molecule has 0 fully saturated rings. The maximum Gasteiger partial charge on any atom is 0.243 e. The summed E-state index contributed by atoms with van der Waals surface area (Å²) in [5.41, 5.74) is 1.41. The number of rotatable bonds is 9. The van der Waals surface area contributed by atoms with Crippen molar-refractivity contribution in [2.24, 2.45) is 7.05 Å². The number of benzene rings is 1. The molecule has 0 spiro atoms. The lowest BCUT2D eigenvalue weighted by Gasteiger charge is -2.18. The van der Waals surface area contributed by atoms with Gasteiger partial charge < -0.3 is 9.47 Å². The van der Waals surface area contributed by atoms with Crippen molar-refractivity contribution < 1.29 is 13.2 Å². The quantitative estimate of drug-likeness (QED) is 0.634. The Morgan fingerprint density at radius 2 is 1.96 bits per heavy atom. The Bertz CT molecular complexity index is 987. The lowest BCUT2D eigenvalue weighted by atomic mass is 10.2.